The van der Waals surface area contributed by atoms with Gasteiger partial charge in [0.15, 0.2) is 24.6 Å². The smallest absolute Gasteiger partial charge is 0.338 e. The first-order chi connectivity index (χ1) is 25.7. The maximum atomic E-state index is 13.7. The number of methoxy groups -OCH3 is 5. The summed E-state index contributed by atoms with van der Waals surface area (Å²) in [4.78, 5) is 54.0. The van der Waals surface area contributed by atoms with E-state index in [0.29, 0.717) is 23.0 Å². The largest absolute Gasteiger partial charge is 0.497 e. The monoisotopic (exact) mass is 730 g/mol. The fourth-order valence-corrected chi connectivity index (χ4v) is 5.33. The fourth-order valence-electron chi connectivity index (χ4n) is 5.33. The molecule has 0 amide bonds. The van der Waals surface area contributed by atoms with E-state index in [1.165, 1.54) is 84.1 Å². The summed E-state index contributed by atoms with van der Waals surface area (Å²) < 4.78 is 56.0. The van der Waals surface area contributed by atoms with Crippen molar-refractivity contribution in [2.45, 2.75) is 30.7 Å². The molecule has 4 aromatic carbocycles. The van der Waals surface area contributed by atoms with Crippen molar-refractivity contribution in [2.24, 2.45) is 0 Å². The maximum Gasteiger partial charge on any atom is 0.338 e. The minimum Gasteiger partial charge on any atom is -0.497 e. The Labute approximate surface area is 305 Å². The van der Waals surface area contributed by atoms with Crippen LogP contribution in [-0.4, -0.2) is 96.7 Å². The van der Waals surface area contributed by atoms with Crippen LogP contribution < -0.4 is 18.9 Å². The highest BCUT2D eigenvalue weighted by molar-refractivity contribution is 5.92. The number of carbonyl (C=O) groups is 4. The Morgan fingerprint density at radius 2 is 0.774 bits per heavy atom. The van der Waals surface area contributed by atoms with Crippen molar-refractivity contribution in [2.75, 3.05) is 42.2 Å². The summed E-state index contributed by atoms with van der Waals surface area (Å²) in [6.45, 7) is -0.499. The van der Waals surface area contributed by atoms with Crippen molar-refractivity contribution in [3.63, 3.8) is 0 Å². The summed E-state index contributed by atoms with van der Waals surface area (Å²) in [5.74, 6) is -1.27. The molecule has 14 nitrogen and oxygen atoms in total. The molecule has 0 aromatic heterocycles. The Morgan fingerprint density at radius 1 is 0.453 bits per heavy atom. The molecular formula is C39H38O14. The van der Waals surface area contributed by atoms with Gasteiger partial charge in [0.05, 0.1) is 50.7 Å². The van der Waals surface area contributed by atoms with Crippen LogP contribution >= 0.6 is 0 Å². The van der Waals surface area contributed by atoms with Crippen molar-refractivity contribution in [1.29, 1.82) is 0 Å². The number of hydrogen-bond donors (Lipinski definition) is 0. The second-order valence-corrected chi connectivity index (χ2v) is 11.4. The summed E-state index contributed by atoms with van der Waals surface area (Å²) in [7, 11) is 7.21. The molecule has 5 rings (SSSR count). The summed E-state index contributed by atoms with van der Waals surface area (Å²) in [6, 6.07) is 24.4. The number of benzene rings is 4. The Hall–Kier alpha value is -6.12. The van der Waals surface area contributed by atoms with Crippen molar-refractivity contribution in [3.05, 3.63) is 119 Å². The van der Waals surface area contributed by atoms with Crippen LogP contribution in [0, 0.1) is 0 Å². The molecule has 0 bridgehead atoms. The average Bonchev–Trinajstić information content (AvgIpc) is 3.21. The van der Waals surface area contributed by atoms with Gasteiger partial charge in [-0.3, -0.25) is 0 Å². The highest BCUT2D eigenvalue weighted by Gasteiger charge is 2.53. The molecule has 0 N–H and O–H groups in total. The maximum absolute atomic E-state index is 13.7. The number of rotatable bonds is 14. The molecular weight excluding hydrogens is 692 g/mol. The van der Waals surface area contributed by atoms with Gasteiger partial charge < -0.3 is 47.4 Å². The summed E-state index contributed by atoms with van der Waals surface area (Å²) in [6.07, 6.45) is -7.27. The molecule has 1 fully saturated rings. The van der Waals surface area contributed by atoms with E-state index in [2.05, 4.69) is 0 Å². The lowest BCUT2D eigenvalue weighted by atomic mass is 9.97. The van der Waals surface area contributed by atoms with Crippen LogP contribution in [0.15, 0.2) is 97.1 Å². The van der Waals surface area contributed by atoms with E-state index < -0.39 is 61.2 Å². The van der Waals surface area contributed by atoms with E-state index in [4.69, 9.17) is 47.4 Å². The van der Waals surface area contributed by atoms with Gasteiger partial charge in [-0.15, -0.1) is 0 Å². The minimum atomic E-state index is -1.56. The molecule has 14 heteroatoms. The van der Waals surface area contributed by atoms with E-state index >= 15 is 0 Å². The SMILES string of the molecule is COc1ccc(C(=O)OC[C@H]2O[C@H](OC)[C@H](OC(=O)c3ccc(OC)cc3)[C@@H](OC(=O)c3ccc(OC)cc3)[C@@H]2OC(=O)c2ccc(OC)cc2)cc1. The topological polar surface area (TPSA) is 161 Å². The molecule has 1 aliphatic heterocycles. The first kappa shape index (κ1) is 38.1. The molecule has 1 aliphatic rings. The van der Waals surface area contributed by atoms with E-state index in [1.807, 2.05) is 0 Å². The number of carbonyl (C=O) groups excluding carboxylic acids is 4. The van der Waals surface area contributed by atoms with E-state index in [1.54, 1.807) is 48.5 Å². The Morgan fingerprint density at radius 3 is 1.11 bits per heavy atom. The van der Waals surface area contributed by atoms with Gasteiger partial charge in [-0.1, -0.05) is 0 Å². The van der Waals surface area contributed by atoms with Gasteiger partial charge in [-0.2, -0.15) is 0 Å². The average molecular weight is 731 g/mol. The van der Waals surface area contributed by atoms with Gasteiger partial charge in [0, 0.05) is 7.11 Å². The van der Waals surface area contributed by atoms with Crippen LogP contribution in [0.25, 0.3) is 0 Å². The third-order valence-electron chi connectivity index (χ3n) is 8.23. The zero-order valence-electron chi connectivity index (χ0n) is 29.5. The molecule has 5 atom stereocenters. The van der Waals surface area contributed by atoms with Crippen molar-refractivity contribution in [3.8, 4) is 23.0 Å². The zero-order chi connectivity index (χ0) is 37.9. The van der Waals surface area contributed by atoms with E-state index in [9.17, 15) is 19.2 Å². The zero-order valence-corrected chi connectivity index (χ0v) is 29.5. The molecule has 0 saturated carbocycles. The van der Waals surface area contributed by atoms with Gasteiger partial charge in [-0.05, 0) is 97.1 Å². The summed E-state index contributed by atoms with van der Waals surface area (Å²) >= 11 is 0. The first-order valence-electron chi connectivity index (χ1n) is 16.2. The second-order valence-electron chi connectivity index (χ2n) is 11.4. The van der Waals surface area contributed by atoms with Crippen molar-refractivity contribution in [1.82, 2.24) is 0 Å². The summed E-state index contributed by atoms with van der Waals surface area (Å²) in [5.41, 5.74) is 0.545. The third kappa shape index (κ3) is 9.41. The van der Waals surface area contributed by atoms with Crippen LogP contribution in [0.4, 0.5) is 0 Å². The highest BCUT2D eigenvalue weighted by Crippen LogP contribution is 2.32. The quantitative estimate of drug-likeness (QED) is 0.127. The lowest BCUT2D eigenvalue weighted by molar-refractivity contribution is -0.291. The third-order valence-corrected chi connectivity index (χ3v) is 8.23. The molecule has 1 saturated heterocycles. The summed E-state index contributed by atoms with van der Waals surface area (Å²) in [5, 5.41) is 0. The second kappa shape index (κ2) is 17.9. The Bertz CT molecular complexity index is 1840. The number of hydrogen-bond acceptors (Lipinski definition) is 14. The van der Waals surface area contributed by atoms with Gasteiger partial charge in [0.25, 0.3) is 0 Å². The van der Waals surface area contributed by atoms with E-state index in [-0.39, 0.29) is 22.3 Å². The molecule has 1 heterocycles. The van der Waals surface area contributed by atoms with E-state index in [0.717, 1.165) is 0 Å². The van der Waals surface area contributed by atoms with Crippen LogP contribution in [-0.2, 0) is 28.4 Å². The Balaban J connectivity index is 1.51. The van der Waals surface area contributed by atoms with Crippen LogP contribution in [0.1, 0.15) is 41.4 Å². The molecule has 0 radical (unpaired) electrons. The fraction of sp³-hybridized carbons (Fsp3) is 0.282. The number of esters is 4. The highest BCUT2D eigenvalue weighted by atomic mass is 16.7. The van der Waals surface area contributed by atoms with Gasteiger partial charge >= 0.3 is 23.9 Å². The lowest BCUT2D eigenvalue weighted by Gasteiger charge is -2.44. The van der Waals surface area contributed by atoms with Crippen molar-refractivity contribution < 1.29 is 66.5 Å². The molecule has 0 spiro atoms. The lowest BCUT2D eigenvalue weighted by Crippen LogP contribution is -2.63. The standard InChI is InChI=1S/C39H38O14/c1-44-27-14-6-23(7-15-27)35(40)49-22-31-32(51-36(41)24-8-16-28(45-2)17-9-24)33(52-37(42)25-10-18-29(46-3)19-11-25)34(39(48-5)50-31)53-38(43)26-12-20-30(47-4)21-13-26/h6-21,31-34,39H,22H2,1-5H3/t31-,32-,33+,34-,39+/m1/s1. The molecule has 53 heavy (non-hydrogen) atoms. The number of ether oxygens (including phenoxy) is 10. The van der Waals surface area contributed by atoms with Gasteiger partial charge in [0.1, 0.15) is 35.7 Å². The molecule has 0 aliphatic carbocycles. The predicted molar refractivity (Wildman–Crippen MR) is 186 cm³/mol. The minimum absolute atomic E-state index is 0.106. The Kier molecular flexibility index (Phi) is 12.9. The molecule has 4 aromatic rings. The first-order valence-corrected chi connectivity index (χ1v) is 16.2. The van der Waals surface area contributed by atoms with Crippen LogP contribution in [0.2, 0.25) is 0 Å². The van der Waals surface area contributed by atoms with Crippen LogP contribution in [0.5, 0.6) is 23.0 Å². The normalized spacial score (nSPS) is 19.2. The predicted octanol–water partition coefficient (Wildman–Crippen LogP) is 4.93. The molecule has 0 unspecified atom stereocenters. The molecule has 278 valence electrons. The van der Waals surface area contributed by atoms with Gasteiger partial charge in [-0.25, -0.2) is 19.2 Å². The van der Waals surface area contributed by atoms with Gasteiger partial charge in [0.2, 0.25) is 0 Å². The van der Waals surface area contributed by atoms with Crippen molar-refractivity contribution >= 4 is 23.9 Å². The van der Waals surface area contributed by atoms with Crippen LogP contribution in [0.3, 0.4) is 0 Å².